The topological polar surface area (TPSA) is 67.4 Å². The fourth-order valence-corrected chi connectivity index (χ4v) is 5.46. The summed E-state index contributed by atoms with van der Waals surface area (Å²) in [6.45, 7) is 9.68. The van der Waals surface area contributed by atoms with Gasteiger partial charge in [-0.2, -0.15) is 0 Å². The molecule has 7 heteroatoms. The number of carbonyl (C=O) groups is 1. The zero-order valence-electron chi connectivity index (χ0n) is 18.7. The Bertz CT molecular complexity index is 773. The quantitative estimate of drug-likeness (QED) is 0.610. The Kier molecular flexibility index (Phi) is 6.29. The minimum atomic E-state index is -0.442. The summed E-state index contributed by atoms with van der Waals surface area (Å²) in [5, 5.41) is 3.57. The third-order valence-electron chi connectivity index (χ3n) is 6.79. The molecule has 3 unspecified atom stereocenters. The lowest BCUT2D eigenvalue weighted by Crippen LogP contribution is -2.35. The molecule has 0 spiro atoms. The molecule has 1 amide bonds. The van der Waals surface area contributed by atoms with E-state index in [1.54, 1.807) is 0 Å². The van der Waals surface area contributed by atoms with Crippen LogP contribution in [0, 0.1) is 17.8 Å². The van der Waals surface area contributed by atoms with Gasteiger partial charge < -0.3 is 15.0 Å². The van der Waals surface area contributed by atoms with Crippen LogP contribution in [0.3, 0.4) is 0 Å². The maximum atomic E-state index is 12.4. The second-order valence-corrected chi connectivity index (χ2v) is 11.4. The van der Waals surface area contributed by atoms with Gasteiger partial charge in [0.15, 0.2) is 0 Å². The molecule has 166 valence electrons. The Hall–Kier alpha value is -1.37. The Morgan fingerprint density at radius 3 is 2.67 bits per heavy atom. The number of rotatable bonds is 4. The van der Waals surface area contributed by atoms with Crippen LogP contribution in [-0.4, -0.2) is 45.7 Å². The van der Waals surface area contributed by atoms with E-state index in [0.717, 1.165) is 48.0 Å². The standard InChI is InChI=1S/C23H35BrN4O2/c1-14-5-7-16(8-6-14)26-21-25-12-19(24)20(27-21)18-11-17(18)15-9-10-28(13-15)22(29)30-23(2,3)4/h12,14-18H,5-11,13H2,1-4H3,(H,25,26,27). The summed E-state index contributed by atoms with van der Waals surface area (Å²) in [7, 11) is 0. The van der Waals surface area contributed by atoms with Crippen LogP contribution in [0.4, 0.5) is 10.7 Å². The highest BCUT2D eigenvalue weighted by Crippen LogP contribution is 2.55. The lowest BCUT2D eigenvalue weighted by atomic mass is 9.87. The molecule has 6 nitrogen and oxygen atoms in total. The van der Waals surface area contributed by atoms with Gasteiger partial charge in [0, 0.05) is 31.2 Å². The number of hydrogen-bond acceptors (Lipinski definition) is 5. The van der Waals surface area contributed by atoms with Crippen LogP contribution >= 0.6 is 15.9 Å². The molecular weight excluding hydrogens is 444 g/mol. The summed E-state index contributed by atoms with van der Waals surface area (Å²) in [5.41, 5.74) is 0.681. The van der Waals surface area contributed by atoms with Crippen molar-refractivity contribution in [1.29, 1.82) is 0 Å². The number of hydrogen-bond donors (Lipinski definition) is 1. The average Bonchev–Trinajstić information content (AvgIpc) is 3.30. The van der Waals surface area contributed by atoms with Crippen LogP contribution < -0.4 is 5.32 Å². The Balaban J connectivity index is 1.34. The number of nitrogens with zero attached hydrogens (tertiary/aromatic N) is 3. The van der Waals surface area contributed by atoms with E-state index >= 15 is 0 Å². The summed E-state index contributed by atoms with van der Waals surface area (Å²) >= 11 is 3.67. The van der Waals surface area contributed by atoms with E-state index in [0.29, 0.717) is 23.8 Å². The molecule has 0 aromatic carbocycles. The number of halogens is 1. The Labute approximate surface area is 188 Å². The van der Waals surface area contributed by atoms with Crippen LogP contribution in [0.25, 0.3) is 0 Å². The molecule has 0 bridgehead atoms. The second-order valence-electron chi connectivity index (χ2n) is 10.5. The molecule has 3 fully saturated rings. The number of carbonyl (C=O) groups excluding carboxylic acids is 1. The van der Waals surface area contributed by atoms with Gasteiger partial charge in [-0.25, -0.2) is 14.8 Å². The summed E-state index contributed by atoms with van der Waals surface area (Å²) in [4.78, 5) is 23.7. The minimum Gasteiger partial charge on any atom is -0.444 e. The van der Waals surface area contributed by atoms with E-state index in [1.807, 2.05) is 31.9 Å². The molecule has 1 saturated heterocycles. The first-order valence-corrected chi connectivity index (χ1v) is 12.3. The SMILES string of the molecule is CC1CCC(Nc2ncc(Br)c(C3CC3C3CCN(C(=O)OC(C)(C)C)C3)n2)CC1. The van der Waals surface area contributed by atoms with Crippen molar-refractivity contribution in [2.45, 2.75) is 83.8 Å². The molecule has 3 atom stereocenters. The van der Waals surface area contributed by atoms with Crippen LogP contribution in [0.1, 0.15) is 77.8 Å². The summed E-state index contributed by atoms with van der Waals surface area (Å²) < 4.78 is 6.55. The zero-order chi connectivity index (χ0) is 21.5. The highest BCUT2D eigenvalue weighted by molar-refractivity contribution is 9.10. The normalized spacial score (nSPS) is 31.5. The van der Waals surface area contributed by atoms with Gasteiger partial charge in [-0.1, -0.05) is 6.92 Å². The number of amides is 1. The van der Waals surface area contributed by atoms with Gasteiger partial charge in [-0.15, -0.1) is 0 Å². The minimum absolute atomic E-state index is 0.182. The van der Waals surface area contributed by atoms with E-state index in [2.05, 4.69) is 33.2 Å². The molecule has 2 saturated carbocycles. The van der Waals surface area contributed by atoms with Crippen LogP contribution in [-0.2, 0) is 4.74 Å². The lowest BCUT2D eigenvalue weighted by molar-refractivity contribution is 0.0286. The summed E-state index contributed by atoms with van der Waals surface area (Å²) in [5.74, 6) is 3.18. The molecule has 30 heavy (non-hydrogen) atoms. The van der Waals surface area contributed by atoms with Crippen LogP contribution in [0.5, 0.6) is 0 Å². The van der Waals surface area contributed by atoms with Gasteiger partial charge in [-0.3, -0.25) is 0 Å². The van der Waals surface area contributed by atoms with Gasteiger partial charge in [-0.05, 0) is 93.0 Å². The number of aromatic nitrogens is 2. The van der Waals surface area contributed by atoms with Crippen molar-refractivity contribution < 1.29 is 9.53 Å². The van der Waals surface area contributed by atoms with Crippen molar-refractivity contribution >= 4 is 28.0 Å². The molecule has 3 aliphatic rings. The molecule has 0 radical (unpaired) electrons. The molecule has 1 aromatic heterocycles. The van der Waals surface area contributed by atoms with Gasteiger partial charge in [0.2, 0.25) is 5.95 Å². The molecule has 1 aliphatic heterocycles. The first-order chi connectivity index (χ1) is 14.2. The maximum absolute atomic E-state index is 12.4. The third kappa shape index (κ3) is 5.27. The lowest BCUT2D eigenvalue weighted by Gasteiger charge is -2.27. The van der Waals surface area contributed by atoms with Gasteiger partial charge in [0.25, 0.3) is 0 Å². The molecular formula is C23H35BrN4O2. The number of ether oxygens (including phenoxy) is 1. The molecule has 2 aliphatic carbocycles. The monoisotopic (exact) mass is 478 g/mol. The average molecular weight is 479 g/mol. The highest BCUT2D eigenvalue weighted by Gasteiger charge is 2.48. The highest BCUT2D eigenvalue weighted by atomic mass is 79.9. The second kappa shape index (κ2) is 8.64. The van der Waals surface area contributed by atoms with Crippen LogP contribution in [0.2, 0.25) is 0 Å². The van der Waals surface area contributed by atoms with E-state index in [4.69, 9.17) is 9.72 Å². The van der Waals surface area contributed by atoms with Crippen LogP contribution in [0.15, 0.2) is 10.7 Å². The van der Waals surface area contributed by atoms with E-state index in [9.17, 15) is 4.79 Å². The molecule has 4 rings (SSSR count). The van der Waals surface area contributed by atoms with Crippen molar-refractivity contribution in [2.75, 3.05) is 18.4 Å². The largest absolute Gasteiger partial charge is 0.444 e. The van der Waals surface area contributed by atoms with Gasteiger partial charge in [0.1, 0.15) is 5.60 Å². The first-order valence-electron chi connectivity index (χ1n) is 11.5. The molecule has 2 heterocycles. The van der Waals surface area contributed by atoms with Crippen molar-refractivity contribution in [3.05, 3.63) is 16.4 Å². The van der Waals surface area contributed by atoms with Crippen molar-refractivity contribution in [2.24, 2.45) is 17.8 Å². The number of anilines is 1. The summed E-state index contributed by atoms with van der Waals surface area (Å²) in [6, 6.07) is 0.488. The predicted octanol–water partition coefficient (Wildman–Crippen LogP) is 5.59. The maximum Gasteiger partial charge on any atom is 0.410 e. The van der Waals surface area contributed by atoms with Crippen molar-refractivity contribution in [3.63, 3.8) is 0 Å². The van der Waals surface area contributed by atoms with Crippen molar-refractivity contribution in [3.8, 4) is 0 Å². The third-order valence-corrected chi connectivity index (χ3v) is 7.40. The Morgan fingerprint density at radius 1 is 1.23 bits per heavy atom. The predicted molar refractivity (Wildman–Crippen MR) is 122 cm³/mol. The van der Waals surface area contributed by atoms with E-state index < -0.39 is 5.60 Å². The zero-order valence-corrected chi connectivity index (χ0v) is 20.2. The first kappa shape index (κ1) is 21.8. The van der Waals surface area contributed by atoms with Crippen molar-refractivity contribution in [1.82, 2.24) is 14.9 Å². The van der Waals surface area contributed by atoms with E-state index in [-0.39, 0.29) is 6.09 Å². The van der Waals surface area contributed by atoms with Gasteiger partial charge in [0.05, 0.1) is 10.2 Å². The fourth-order valence-electron chi connectivity index (χ4n) is 4.98. The van der Waals surface area contributed by atoms with Gasteiger partial charge >= 0.3 is 6.09 Å². The number of nitrogens with one attached hydrogen (secondary N) is 1. The fraction of sp³-hybridized carbons (Fsp3) is 0.783. The molecule has 1 N–H and O–H groups in total. The number of likely N-dealkylation sites (tertiary alicyclic amines) is 1. The van der Waals surface area contributed by atoms with E-state index in [1.165, 1.54) is 25.7 Å². The summed E-state index contributed by atoms with van der Waals surface area (Å²) in [6.07, 6.45) is 8.86. The Morgan fingerprint density at radius 2 is 1.97 bits per heavy atom. The smallest absolute Gasteiger partial charge is 0.410 e. The molecule has 1 aromatic rings.